The summed E-state index contributed by atoms with van der Waals surface area (Å²) in [5.74, 6) is -0.833. The van der Waals surface area contributed by atoms with Crippen molar-refractivity contribution in [3.63, 3.8) is 0 Å². The van der Waals surface area contributed by atoms with Crippen LogP contribution in [0.3, 0.4) is 0 Å². The van der Waals surface area contributed by atoms with E-state index < -0.39 is 11.7 Å². The Kier molecular flexibility index (Phi) is 2.53. The first kappa shape index (κ1) is 11.5. The van der Waals surface area contributed by atoms with Crippen LogP contribution in [0.5, 0.6) is 5.75 Å². The van der Waals surface area contributed by atoms with Crippen molar-refractivity contribution < 1.29 is 13.9 Å². The van der Waals surface area contributed by atoms with E-state index in [1.54, 1.807) is 12.1 Å². The highest BCUT2D eigenvalue weighted by molar-refractivity contribution is 7.17. The molecule has 92 valence electrons. The number of primary amides is 1. The Balaban J connectivity index is 2.24. The molecule has 0 atom stereocenters. The maximum Gasteiger partial charge on any atom is 0.258 e. The standard InChI is InChI=1S/C12H7ClFNO2S/c13-6-2-7-10(8(14)3-6)17-4-5-1-9(12(15)16)18-11(5)7/h1-3H,4H2,(H2,15,16). The molecule has 1 amide bonds. The quantitative estimate of drug-likeness (QED) is 0.874. The van der Waals surface area contributed by atoms with Gasteiger partial charge in [-0.2, -0.15) is 0 Å². The third-order valence-electron chi connectivity index (χ3n) is 2.68. The Morgan fingerprint density at radius 2 is 2.22 bits per heavy atom. The monoisotopic (exact) mass is 283 g/mol. The van der Waals surface area contributed by atoms with Gasteiger partial charge in [0.2, 0.25) is 0 Å². The maximum absolute atomic E-state index is 13.7. The van der Waals surface area contributed by atoms with Crippen molar-refractivity contribution in [3.8, 4) is 16.2 Å². The molecular formula is C12H7ClFNO2S. The number of hydrogen-bond donors (Lipinski definition) is 1. The van der Waals surface area contributed by atoms with Crippen molar-refractivity contribution in [2.24, 2.45) is 5.73 Å². The number of nitrogens with two attached hydrogens (primary N) is 1. The van der Waals surface area contributed by atoms with E-state index in [1.165, 1.54) is 17.4 Å². The van der Waals surface area contributed by atoms with Gasteiger partial charge in [-0.25, -0.2) is 4.39 Å². The summed E-state index contributed by atoms with van der Waals surface area (Å²) in [4.78, 5) is 12.4. The number of halogens is 2. The molecule has 0 fully saturated rings. The second-order valence-corrected chi connectivity index (χ2v) is 5.37. The summed E-state index contributed by atoms with van der Waals surface area (Å²) >= 11 is 7.06. The average Bonchev–Trinajstić information content (AvgIpc) is 2.72. The van der Waals surface area contributed by atoms with Crippen molar-refractivity contribution in [1.82, 2.24) is 0 Å². The minimum absolute atomic E-state index is 0.171. The first-order valence-electron chi connectivity index (χ1n) is 5.11. The lowest BCUT2D eigenvalue weighted by atomic mass is 10.1. The van der Waals surface area contributed by atoms with E-state index in [1.807, 2.05) is 0 Å². The molecule has 18 heavy (non-hydrogen) atoms. The molecule has 1 aromatic carbocycles. The minimum atomic E-state index is -0.503. The van der Waals surface area contributed by atoms with Crippen LogP contribution in [0, 0.1) is 5.82 Å². The summed E-state index contributed by atoms with van der Waals surface area (Å²) < 4.78 is 19.0. The lowest BCUT2D eigenvalue weighted by Gasteiger charge is -2.18. The van der Waals surface area contributed by atoms with Gasteiger partial charge in [0.1, 0.15) is 6.61 Å². The van der Waals surface area contributed by atoms with Gasteiger partial charge in [-0.15, -0.1) is 11.3 Å². The van der Waals surface area contributed by atoms with Gasteiger partial charge in [0.25, 0.3) is 5.91 Å². The highest BCUT2D eigenvalue weighted by Gasteiger charge is 2.24. The Bertz CT molecular complexity index is 668. The molecule has 0 radical (unpaired) electrons. The molecule has 0 spiro atoms. The molecule has 2 aromatic rings. The third-order valence-corrected chi connectivity index (χ3v) is 4.12. The molecule has 6 heteroatoms. The molecule has 0 saturated heterocycles. The van der Waals surface area contributed by atoms with Gasteiger partial charge in [0.15, 0.2) is 11.6 Å². The molecule has 0 saturated carbocycles. The summed E-state index contributed by atoms with van der Waals surface area (Å²) in [6.45, 7) is 0.227. The molecule has 1 aliphatic rings. The second kappa shape index (κ2) is 3.96. The van der Waals surface area contributed by atoms with Gasteiger partial charge in [-0.1, -0.05) is 11.6 Å². The highest BCUT2D eigenvalue weighted by Crippen LogP contribution is 2.44. The summed E-state index contributed by atoms with van der Waals surface area (Å²) in [6, 6.07) is 4.50. The van der Waals surface area contributed by atoms with Gasteiger partial charge in [-0.3, -0.25) is 4.79 Å². The van der Waals surface area contributed by atoms with E-state index in [0.29, 0.717) is 10.4 Å². The summed E-state index contributed by atoms with van der Waals surface area (Å²) in [5.41, 5.74) is 6.63. The van der Waals surface area contributed by atoms with Crippen LogP contribution in [-0.4, -0.2) is 5.91 Å². The molecule has 1 aromatic heterocycles. The van der Waals surface area contributed by atoms with Gasteiger partial charge >= 0.3 is 0 Å². The summed E-state index contributed by atoms with van der Waals surface area (Å²) in [6.07, 6.45) is 0. The predicted molar refractivity (Wildman–Crippen MR) is 67.6 cm³/mol. The maximum atomic E-state index is 13.7. The lowest BCUT2D eigenvalue weighted by Crippen LogP contribution is -2.08. The Morgan fingerprint density at radius 1 is 1.44 bits per heavy atom. The predicted octanol–water partition coefficient (Wildman–Crippen LogP) is 3.20. The first-order valence-corrected chi connectivity index (χ1v) is 6.30. The SMILES string of the molecule is NC(=O)c1cc2c(s1)-c1cc(Cl)cc(F)c1OC2. The zero-order valence-electron chi connectivity index (χ0n) is 9.00. The number of amides is 1. The molecule has 0 bridgehead atoms. The van der Waals surface area contributed by atoms with Crippen molar-refractivity contribution in [1.29, 1.82) is 0 Å². The summed E-state index contributed by atoms with van der Waals surface area (Å²) in [5, 5.41) is 0.289. The fourth-order valence-electron chi connectivity index (χ4n) is 1.91. The van der Waals surface area contributed by atoms with Crippen LogP contribution in [0.25, 0.3) is 10.4 Å². The molecule has 0 unspecified atom stereocenters. The number of thiophene rings is 1. The number of carbonyl (C=O) groups is 1. The minimum Gasteiger partial charge on any atom is -0.485 e. The normalized spacial score (nSPS) is 12.6. The largest absolute Gasteiger partial charge is 0.485 e. The van der Waals surface area contributed by atoms with Crippen LogP contribution >= 0.6 is 22.9 Å². The van der Waals surface area contributed by atoms with Crippen molar-refractivity contribution in [3.05, 3.63) is 39.5 Å². The van der Waals surface area contributed by atoms with E-state index in [4.69, 9.17) is 22.1 Å². The van der Waals surface area contributed by atoms with Gasteiger partial charge in [-0.05, 0) is 18.2 Å². The average molecular weight is 284 g/mol. The molecule has 3 nitrogen and oxygen atoms in total. The van der Waals surface area contributed by atoms with E-state index in [-0.39, 0.29) is 17.4 Å². The molecular weight excluding hydrogens is 277 g/mol. The number of carbonyl (C=O) groups excluding carboxylic acids is 1. The van der Waals surface area contributed by atoms with Crippen LogP contribution in [0.2, 0.25) is 5.02 Å². The van der Waals surface area contributed by atoms with Crippen LogP contribution in [0.15, 0.2) is 18.2 Å². The van der Waals surface area contributed by atoms with E-state index in [0.717, 1.165) is 10.4 Å². The number of ether oxygens (including phenoxy) is 1. The fourth-order valence-corrected chi connectivity index (χ4v) is 3.15. The molecule has 1 aliphatic heterocycles. The van der Waals surface area contributed by atoms with Crippen LogP contribution in [0.1, 0.15) is 15.2 Å². The van der Waals surface area contributed by atoms with Gasteiger partial charge < -0.3 is 10.5 Å². The van der Waals surface area contributed by atoms with Gasteiger partial charge in [0, 0.05) is 21.0 Å². The topological polar surface area (TPSA) is 52.3 Å². The second-order valence-electron chi connectivity index (χ2n) is 3.88. The third kappa shape index (κ3) is 1.67. The summed E-state index contributed by atoms with van der Waals surface area (Å²) in [7, 11) is 0. The van der Waals surface area contributed by atoms with Crippen LogP contribution < -0.4 is 10.5 Å². The van der Waals surface area contributed by atoms with Crippen molar-refractivity contribution in [2.75, 3.05) is 0 Å². The lowest BCUT2D eigenvalue weighted by molar-refractivity contribution is 0.100. The number of benzene rings is 1. The number of hydrogen-bond acceptors (Lipinski definition) is 3. The van der Waals surface area contributed by atoms with Crippen LogP contribution in [-0.2, 0) is 6.61 Å². The van der Waals surface area contributed by atoms with Gasteiger partial charge in [0.05, 0.1) is 4.88 Å². The van der Waals surface area contributed by atoms with E-state index in [2.05, 4.69) is 0 Å². The Labute approximate surface area is 111 Å². The zero-order chi connectivity index (χ0) is 12.9. The Morgan fingerprint density at radius 3 is 2.94 bits per heavy atom. The molecule has 0 aliphatic carbocycles. The molecule has 3 rings (SSSR count). The molecule has 2 N–H and O–H groups in total. The number of rotatable bonds is 1. The molecule has 2 heterocycles. The Hall–Kier alpha value is -1.59. The smallest absolute Gasteiger partial charge is 0.258 e. The van der Waals surface area contributed by atoms with E-state index >= 15 is 0 Å². The van der Waals surface area contributed by atoms with Crippen molar-refractivity contribution >= 4 is 28.8 Å². The van der Waals surface area contributed by atoms with E-state index in [9.17, 15) is 9.18 Å². The van der Waals surface area contributed by atoms with Crippen molar-refractivity contribution in [2.45, 2.75) is 6.61 Å². The zero-order valence-corrected chi connectivity index (χ0v) is 10.6. The fraction of sp³-hybridized carbons (Fsp3) is 0.0833. The first-order chi connectivity index (χ1) is 8.56. The highest BCUT2D eigenvalue weighted by atomic mass is 35.5. The number of fused-ring (bicyclic) bond motifs is 3. The van der Waals surface area contributed by atoms with Crippen LogP contribution in [0.4, 0.5) is 4.39 Å².